The summed E-state index contributed by atoms with van der Waals surface area (Å²) < 4.78 is 29.2. The average molecular weight is 254 g/mol. The molecule has 0 spiro atoms. The topological polar surface area (TPSA) is 48.1 Å². The second-order valence-corrected chi connectivity index (χ2v) is 4.17. The molecule has 98 valence electrons. The molecule has 0 amide bonds. The monoisotopic (exact) mass is 254 g/mol. The van der Waals surface area contributed by atoms with E-state index >= 15 is 0 Å². The second kappa shape index (κ2) is 4.57. The fourth-order valence-electron chi connectivity index (χ4n) is 2.05. The van der Waals surface area contributed by atoms with Crippen molar-refractivity contribution in [3.8, 4) is 5.75 Å². The van der Waals surface area contributed by atoms with Crippen LogP contribution in [0, 0.1) is 5.82 Å². The highest BCUT2D eigenvalue weighted by atomic mass is 19.1. The molecule has 2 unspecified atom stereocenters. The highest BCUT2D eigenvalue weighted by Crippen LogP contribution is 2.50. The number of rotatable bonds is 4. The Labute approximate surface area is 105 Å². The molecule has 1 aliphatic rings. The molecule has 2 atom stereocenters. The Kier molecular flexibility index (Phi) is 3.26. The van der Waals surface area contributed by atoms with Crippen molar-refractivity contribution in [2.24, 2.45) is 0 Å². The zero-order valence-electron chi connectivity index (χ0n) is 10.5. The molecule has 0 bridgehead atoms. The Bertz CT molecular complexity index is 474. The van der Waals surface area contributed by atoms with Crippen LogP contribution in [0.3, 0.4) is 0 Å². The summed E-state index contributed by atoms with van der Waals surface area (Å²) in [5, 5.41) is 0. The van der Waals surface area contributed by atoms with Gasteiger partial charge in [-0.3, -0.25) is 0 Å². The van der Waals surface area contributed by atoms with E-state index in [1.54, 1.807) is 26.0 Å². The summed E-state index contributed by atoms with van der Waals surface area (Å²) >= 11 is 0. The molecule has 2 rings (SSSR count). The number of carbonyl (C=O) groups is 1. The molecule has 0 N–H and O–H groups in total. The lowest BCUT2D eigenvalue weighted by molar-refractivity contribution is -0.144. The predicted octanol–water partition coefficient (Wildman–Crippen LogP) is 2.01. The van der Waals surface area contributed by atoms with Gasteiger partial charge in [0, 0.05) is 0 Å². The summed E-state index contributed by atoms with van der Waals surface area (Å²) in [6.07, 6.45) is -0.775. The summed E-state index contributed by atoms with van der Waals surface area (Å²) in [5.41, 5.74) is -0.756. The second-order valence-electron chi connectivity index (χ2n) is 4.17. The van der Waals surface area contributed by atoms with Gasteiger partial charge in [-0.05, 0) is 26.0 Å². The Morgan fingerprint density at radius 3 is 2.89 bits per heavy atom. The summed E-state index contributed by atoms with van der Waals surface area (Å²) in [6, 6.07) is 4.49. The largest absolute Gasteiger partial charge is 0.496 e. The van der Waals surface area contributed by atoms with Crippen LogP contribution in [0.4, 0.5) is 4.39 Å². The van der Waals surface area contributed by atoms with Gasteiger partial charge in [-0.1, -0.05) is 6.07 Å². The van der Waals surface area contributed by atoms with E-state index in [-0.39, 0.29) is 12.2 Å². The van der Waals surface area contributed by atoms with Gasteiger partial charge in [0.2, 0.25) is 0 Å². The van der Waals surface area contributed by atoms with E-state index in [2.05, 4.69) is 0 Å². The maximum Gasteiger partial charge on any atom is 0.338 e. The lowest BCUT2D eigenvalue weighted by Crippen LogP contribution is -2.20. The van der Waals surface area contributed by atoms with Crippen LogP contribution in [0.2, 0.25) is 0 Å². The van der Waals surface area contributed by atoms with Crippen LogP contribution >= 0.6 is 0 Å². The smallest absolute Gasteiger partial charge is 0.338 e. The number of hydrogen-bond donors (Lipinski definition) is 0. The van der Waals surface area contributed by atoms with Gasteiger partial charge >= 0.3 is 5.97 Å². The van der Waals surface area contributed by atoms with E-state index in [1.807, 2.05) is 0 Å². The van der Waals surface area contributed by atoms with Crippen molar-refractivity contribution in [2.45, 2.75) is 25.6 Å². The first-order valence-electron chi connectivity index (χ1n) is 5.72. The number of epoxide rings is 1. The molecule has 0 aromatic heterocycles. The number of hydrogen-bond acceptors (Lipinski definition) is 4. The fourth-order valence-corrected chi connectivity index (χ4v) is 2.05. The highest BCUT2D eigenvalue weighted by molar-refractivity contribution is 5.80. The maximum atomic E-state index is 13.9. The molecule has 5 heteroatoms. The number of benzene rings is 1. The number of carbonyl (C=O) groups excluding carboxylic acids is 1. The van der Waals surface area contributed by atoms with E-state index < -0.39 is 23.5 Å². The molecule has 1 aromatic carbocycles. The van der Waals surface area contributed by atoms with Crippen LogP contribution in [0.5, 0.6) is 5.75 Å². The van der Waals surface area contributed by atoms with Gasteiger partial charge in [0.15, 0.2) is 6.10 Å². The Morgan fingerprint density at radius 2 is 2.28 bits per heavy atom. The molecule has 1 aliphatic heterocycles. The first kappa shape index (κ1) is 12.8. The van der Waals surface area contributed by atoms with Crippen LogP contribution in [0.1, 0.15) is 19.4 Å². The number of esters is 1. The van der Waals surface area contributed by atoms with Crippen molar-refractivity contribution < 1.29 is 23.4 Å². The van der Waals surface area contributed by atoms with E-state index in [0.717, 1.165) is 0 Å². The molecule has 0 radical (unpaired) electrons. The van der Waals surface area contributed by atoms with Crippen LogP contribution in [0.25, 0.3) is 0 Å². The maximum absolute atomic E-state index is 13.9. The molecular weight excluding hydrogens is 239 g/mol. The molecule has 0 aliphatic carbocycles. The first-order chi connectivity index (χ1) is 8.54. The quantitative estimate of drug-likeness (QED) is 0.609. The molecule has 1 saturated heterocycles. The lowest BCUT2D eigenvalue weighted by atomic mass is 9.95. The number of ether oxygens (including phenoxy) is 3. The summed E-state index contributed by atoms with van der Waals surface area (Å²) in [5.74, 6) is -0.571. The van der Waals surface area contributed by atoms with Gasteiger partial charge in [0.1, 0.15) is 17.2 Å². The zero-order valence-corrected chi connectivity index (χ0v) is 10.5. The van der Waals surface area contributed by atoms with E-state index in [0.29, 0.717) is 5.75 Å². The molecule has 18 heavy (non-hydrogen) atoms. The van der Waals surface area contributed by atoms with Crippen molar-refractivity contribution in [3.05, 3.63) is 29.6 Å². The van der Waals surface area contributed by atoms with Gasteiger partial charge < -0.3 is 14.2 Å². The highest BCUT2D eigenvalue weighted by Gasteiger charge is 2.61. The standard InChI is InChI=1S/C13H15FO4/c1-4-17-12(15)11-13(2,18-11)10-8(14)6-5-7-9(10)16-3/h5-7,11H,4H2,1-3H3. The Hall–Kier alpha value is -1.62. The van der Waals surface area contributed by atoms with Gasteiger partial charge in [-0.25, -0.2) is 9.18 Å². The lowest BCUT2D eigenvalue weighted by Gasteiger charge is -2.13. The molecule has 0 saturated carbocycles. The van der Waals surface area contributed by atoms with Gasteiger partial charge in [-0.15, -0.1) is 0 Å². The number of methoxy groups -OCH3 is 1. The SMILES string of the molecule is CCOC(=O)C1OC1(C)c1c(F)cccc1OC. The first-order valence-corrected chi connectivity index (χ1v) is 5.72. The van der Waals surface area contributed by atoms with Crippen molar-refractivity contribution >= 4 is 5.97 Å². The number of halogens is 1. The van der Waals surface area contributed by atoms with Gasteiger partial charge in [0.05, 0.1) is 19.3 Å². The third-order valence-electron chi connectivity index (χ3n) is 3.00. The molecule has 1 aromatic rings. The normalized spacial score (nSPS) is 25.7. The van der Waals surface area contributed by atoms with Crippen molar-refractivity contribution in [1.29, 1.82) is 0 Å². The molecule has 1 heterocycles. The molecule has 4 nitrogen and oxygen atoms in total. The summed E-state index contributed by atoms with van der Waals surface area (Å²) in [4.78, 5) is 11.6. The minimum Gasteiger partial charge on any atom is -0.496 e. The molecular formula is C13H15FO4. The van der Waals surface area contributed by atoms with Crippen molar-refractivity contribution in [3.63, 3.8) is 0 Å². The van der Waals surface area contributed by atoms with Crippen molar-refractivity contribution in [1.82, 2.24) is 0 Å². The Morgan fingerprint density at radius 1 is 1.56 bits per heavy atom. The van der Waals surface area contributed by atoms with Crippen LogP contribution in [0.15, 0.2) is 18.2 Å². The average Bonchev–Trinajstić information content (AvgIpc) is 3.02. The third-order valence-corrected chi connectivity index (χ3v) is 3.00. The van der Waals surface area contributed by atoms with Gasteiger partial charge in [-0.2, -0.15) is 0 Å². The summed E-state index contributed by atoms with van der Waals surface area (Å²) in [7, 11) is 1.45. The van der Waals surface area contributed by atoms with Gasteiger partial charge in [0.25, 0.3) is 0 Å². The fraction of sp³-hybridized carbons (Fsp3) is 0.462. The van der Waals surface area contributed by atoms with Crippen molar-refractivity contribution in [2.75, 3.05) is 13.7 Å². The van der Waals surface area contributed by atoms with Crippen LogP contribution in [-0.2, 0) is 19.9 Å². The van der Waals surface area contributed by atoms with E-state index in [4.69, 9.17) is 14.2 Å². The van der Waals surface area contributed by atoms with Crippen LogP contribution in [-0.4, -0.2) is 25.8 Å². The van der Waals surface area contributed by atoms with Crippen LogP contribution < -0.4 is 4.74 Å². The molecule has 1 fully saturated rings. The minimum atomic E-state index is -1.01. The van der Waals surface area contributed by atoms with E-state index in [9.17, 15) is 9.18 Å². The summed E-state index contributed by atoms with van der Waals surface area (Å²) in [6.45, 7) is 3.63. The minimum absolute atomic E-state index is 0.255. The zero-order chi connectivity index (χ0) is 13.3. The predicted molar refractivity (Wildman–Crippen MR) is 61.8 cm³/mol. The Balaban J connectivity index is 2.31. The van der Waals surface area contributed by atoms with E-state index in [1.165, 1.54) is 13.2 Å². The third kappa shape index (κ3) is 1.95.